The van der Waals surface area contributed by atoms with E-state index in [1.807, 2.05) is 18.2 Å². The molecule has 0 aromatic heterocycles. The van der Waals surface area contributed by atoms with Crippen molar-refractivity contribution in [3.63, 3.8) is 0 Å². The van der Waals surface area contributed by atoms with Gasteiger partial charge in [-0.15, -0.1) is 0 Å². The van der Waals surface area contributed by atoms with Crippen molar-refractivity contribution >= 4 is 43.5 Å². The summed E-state index contributed by atoms with van der Waals surface area (Å²) in [5.41, 5.74) is 2.55. The zero-order chi connectivity index (χ0) is 15.2. The van der Waals surface area contributed by atoms with E-state index in [2.05, 4.69) is 68.4 Å². The lowest BCUT2D eigenvalue weighted by molar-refractivity contribution is 0.527. The van der Waals surface area contributed by atoms with Crippen LogP contribution in [0, 0.1) is 0 Å². The van der Waals surface area contributed by atoms with Gasteiger partial charge in [0, 0.05) is 20.0 Å². The Morgan fingerprint density at radius 1 is 1.10 bits per heavy atom. The van der Waals surface area contributed by atoms with E-state index in [0.717, 1.165) is 33.4 Å². The molecule has 0 aliphatic rings. The molecule has 4 heteroatoms. The fourth-order valence-corrected chi connectivity index (χ4v) is 3.28. The Morgan fingerprint density at radius 2 is 1.81 bits per heavy atom. The summed E-state index contributed by atoms with van der Waals surface area (Å²) in [5.74, 6) is 0. The molecule has 1 atom stereocenters. The molecule has 0 bridgehead atoms. The van der Waals surface area contributed by atoms with Crippen LogP contribution in [0.1, 0.15) is 30.5 Å². The first kappa shape index (κ1) is 17.0. The minimum Gasteiger partial charge on any atom is -0.310 e. The molecule has 21 heavy (non-hydrogen) atoms. The van der Waals surface area contributed by atoms with Gasteiger partial charge < -0.3 is 5.32 Å². The van der Waals surface area contributed by atoms with Crippen LogP contribution in [-0.2, 0) is 6.42 Å². The van der Waals surface area contributed by atoms with E-state index >= 15 is 0 Å². The maximum atomic E-state index is 5.97. The largest absolute Gasteiger partial charge is 0.310 e. The van der Waals surface area contributed by atoms with Gasteiger partial charge in [0.15, 0.2) is 0 Å². The predicted octanol–water partition coefficient (Wildman–Crippen LogP) is 6.15. The molecule has 2 rings (SSSR count). The van der Waals surface area contributed by atoms with Crippen molar-refractivity contribution in [3.8, 4) is 0 Å². The van der Waals surface area contributed by atoms with Gasteiger partial charge in [-0.3, -0.25) is 0 Å². The van der Waals surface area contributed by atoms with Crippen molar-refractivity contribution in [1.82, 2.24) is 5.32 Å². The molecule has 0 spiro atoms. The molecule has 0 saturated carbocycles. The lowest BCUT2D eigenvalue weighted by atomic mass is 9.99. The summed E-state index contributed by atoms with van der Waals surface area (Å²) in [4.78, 5) is 0. The molecule has 0 heterocycles. The number of halogens is 3. The van der Waals surface area contributed by atoms with Crippen molar-refractivity contribution in [3.05, 3.63) is 67.6 Å². The average molecular weight is 432 g/mol. The van der Waals surface area contributed by atoms with E-state index in [0.29, 0.717) is 0 Å². The average Bonchev–Trinajstić information content (AvgIpc) is 2.48. The van der Waals surface area contributed by atoms with Crippen LogP contribution in [0.25, 0.3) is 0 Å². The minimum atomic E-state index is 0.276. The number of rotatable bonds is 6. The third kappa shape index (κ3) is 5.10. The lowest BCUT2D eigenvalue weighted by Crippen LogP contribution is -2.24. The van der Waals surface area contributed by atoms with E-state index < -0.39 is 0 Å². The summed E-state index contributed by atoms with van der Waals surface area (Å²) in [6.07, 6.45) is 2.05. The fourth-order valence-electron chi connectivity index (χ4n) is 2.25. The number of benzene rings is 2. The van der Waals surface area contributed by atoms with E-state index in [1.165, 1.54) is 11.1 Å². The highest BCUT2D eigenvalue weighted by atomic mass is 79.9. The molecule has 112 valence electrons. The number of hydrogen-bond acceptors (Lipinski definition) is 1. The van der Waals surface area contributed by atoms with Gasteiger partial charge in [0.25, 0.3) is 0 Å². The molecule has 0 aliphatic heterocycles. The Hall–Kier alpha value is -0.350. The zero-order valence-corrected chi connectivity index (χ0v) is 15.8. The summed E-state index contributed by atoms with van der Waals surface area (Å²) >= 11 is 13.2. The second kappa shape index (κ2) is 8.33. The third-order valence-corrected chi connectivity index (χ3v) is 4.79. The molecule has 2 aromatic carbocycles. The van der Waals surface area contributed by atoms with Crippen LogP contribution in [-0.4, -0.2) is 6.54 Å². The topological polar surface area (TPSA) is 12.0 Å². The second-order valence-corrected chi connectivity index (χ2v) is 7.21. The Balaban J connectivity index is 2.25. The molecule has 1 N–H and O–H groups in total. The first-order valence-corrected chi connectivity index (χ1v) is 8.99. The molecule has 0 aliphatic carbocycles. The van der Waals surface area contributed by atoms with Crippen LogP contribution >= 0.6 is 43.5 Å². The molecule has 0 fully saturated rings. The monoisotopic (exact) mass is 429 g/mol. The zero-order valence-electron chi connectivity index (χ0n) is 11.9. The molecule has 0 amide bonds. The van der Waals surface area contributed by atoms with Crippen LogP contribution < -0.4 is 5.32 Å². The quantitative estimate of drug-likeness (QED) is 0.579. The van der Waals surface area contributed by atoms with Gasteiger partial charge in [0.1, 0.15) is 0 Å². The lowest BCUT2D eigenvalue weighted by Gasteiger charge is -2.21. The van der Waals surface area contributed by atoms with E-state index in [-0.39, 0.29) is 6.04 Å². The van der Waals surface area contributed by atoms with Crippen LogP contribution in [0.4, 0.5) is 0 Å². The summed E-state index contributed by atoms with van der Waals surface area (Å²) in [5, 5.41) is 4.41. The van der Waals surface area contributed by atoms with E-state index in [1.54, 1.807) is 0 Å². The van der Waals surface area contributed by atoms with Gasteiger partial charge in [-0.05, 0) is 60.8 Å². The molecule has 1 nitrogen and oxygen atoms in total. The molecular weight excluding hydrogens is 413 g/mol. The summed E-state index contributed by atoms with van der Waals surface area (Å²) in [6, 6.07) is 14.7. The van der Waals surface area contributed by atoms with Crippen LogP contribution in [0.3, 0.4) is 0 Å². The second-order valence-electron chi connectivity index (χ2n) is 5.00. The Labute approximate surface area is 148 Å². The normalized spacial score (nSPS) is 12.4. The Morgan fingerprint density at radius 3 is 2.48 bits per heavy atom. The summed E-state index contributed by atoms with van der Waals surface area (Å²) < 4.78 is 2.23. The van der Waals surface area contributed by atoms with Crippen molar-refractivity contribution < 1.29 is 0 Å². The van der Waals surface area contributed by atoms with Gasteiger partial charge in [-0.1, -0.05) is 62.5 Å². The van der Waals surface area contributed by atoms with Crippen LogP contribution in [0.15, 0.2) is 51.4 Å². The van der Waals surface area contributed by atoms with Crippen molar-refractivity contribution in [2.24, 2.45) is 0 Å². The van der Waals surface area contributed by atoms with E-state index in [9.17, 15) is 0 Å². The van der Waals surface area contributed by atoms with Gasteiger partial charge in [-0.25, -0.2) is 0 Å². The predicted molar refractivity (Wildman–Crippen MR) is 98.0 cm³/mol. The molecule has 2 aromatic rings. The third-order valence-electron chi connectivity index (χ3n) is 3.33. The SMILES string of the molecule is CCCNC(Cc1ccc(Cl)cc1)c1cc(Br)ccc1Br. The fraction of sp³-hybridized carbons (Fsp3) is 0.294. The van der Waals surface area contributed by atoms with Crippen molar-refractivity contribution in [2.45, 2.75) is 25.8 Å². The first-order valence-electron chi connectivity index (χ1n) is 7.03. The highest BCUT2D eigenvalue weighted by Crippen LogP contribution is 2.29. The molecule has 0 saturated heterocycles. The number of nitrogens with one attached hydrogen (secondary N) is 1. The van der Waals surface area contributed by atoms with E-state index in [4.69, 9.17) is 11.6 Å². The smallest absolute Gasteiger partial charge is 0.0406 e. The van der Waals surface area contributed by atoms with Crippen molar-refractivity contribution in [2.75, 3.05) is 6.54 Å². The maximum Gasteiger partial charge on any atom is 0.0406 e. The molecular formula is C17H18Br2ClN. The number of hydrogen-bond donors (Lipinski definition) is 1. The molecule has 1 unspecified atom stereocenters. The van der Waals surface area contributed by atoms with Crippen LogP contribution in [0.2, 0.25) is 5.02 Å². The summed E-state index contributed by atoms with van der Waals surface area (Å²) in [7, 11) is 0. The standard InChI is InChI=1S/C17H18Br2ClN/c1-2-9-21-17(10-12-3-6-14(20)7-4-12)15-11-13(18)5-8-16(15)19/h3-8,11,17,21H,2,9-10H2,1H3. The van der Waals surface area contributed by atoms with Crippen molar-refractivity contribution in [1.29, 1.82) is 0 Å². The minimum absolute atomic E-state index is 0.276. The van der Waals surface area contributed by atoms with Gasteiger partial charge in [0.2, 0.25) is 0 Å². The summed E-state index contributed by atoms with van der Waals surface area (Å²) in [6.45, 7) is 3.18. The Kier molecular flexibility index (Phi) is 6.74. The maximum absolute atomic E-state index is 5.97. The van der Waals surface area contributed by atoms with Gasteiger partial charge >= 0.3 is 0 Å². The van der Waals surface area contributed by atoms with Gasteiger partial charge in [-0.2, -0.15) is 0 Å². The molecule has 0 radical (unpaired) electrons. The highest BCUT2D eigenvalue weighted by Gasteiger charge is 2.15. The first-order chi connectivity index (χ1) is 10.1. The Bertz CT molecular complexity index is 584. The van der Waals surface area contributed by atoms with Crippen LogP contribution in [0.5, 0.6) is 0 Å². The highest BCUT2D eigenvalue weighted by molar-refractivity contribution is 9.11. The van der Waals surface area contributed by atoms with Gasteiger partial charge in [0.05, 0.1) is 0 Å².